The first-order chi connectivity index (χ1) is 17.4. The van der Waals surface area contributed by atoms with Gasteiger partial charge in [0, 0.05) is 29.5 Å². The summed E-state index contributed by atoms with van der Waals surface area (Å²) in [5, 5.41) is 16.7. The van der Waals surface area contributed by atoms with Gasteiger partial charge in [-0.15, -0.1) is 0 Å². The number of anilines is 3. The van der Waals surface area contributed by atoms with E-state index in [1.807, 2.05) is 30.3 Å². The molecule has 2 aromatic carbocycles. The molecule has 8 nitrogen and oxygen atoms in total. The second-order valence-electron chi connectivity index (χ2n) is 7.89. The smallest absolute Gasteiger partial charge is 0.249 e. The van der Waals surface area contributed by atoms with Crippen LogP contribution in [0.5, 0.6) is 0 Å². The Hall–Kier alpha value is -4.40. The van der Waals surface area contributed by atoms with Crippen LogP contribution in [0.2, 0.25) is 5.02 Å². The van der Waals surface area contributed by atoms with Gasteiger partial charge in [-0.2, -0.15) is 15.2 Å². The van der Waals surface area contributed by atoms with E-state index in [2.05, 4.69) is 43.1 Å². The highest BCUT2D eigenvalue weighted by Crippen LogP contribution is 2.37. The molecule has 1 aliphatic rings. The summed E-state index contributed by atoms with van der Waals surface area (Å²) < 4.78 is 27.1. The third-order valence-corrected chi connectivity index (χ3v) is 5.88. The van der Waals surface area contributed by atoms with Gasteiger partial charge in [-0.25, -0.2) is 9.37 Å². The van der Waals surface area contributed by atoms with Crippen molar-refractivity contribution in [1.82, 2.24) is 26.4 Å². The summed E-state index contributed by atoms with van der Waals surface area (Å²) in [7, 11) is 6.87. The van der Waals surface area contributed by atoms with Crippen LogP contribution < -0.4 is 27.0 Å². The lowest BCUT2D eigenvalue weighted by Gasteiger charge is -2.34. The molecular formula is C24H16BClF2N8. The minimum Gasteiger partial charge on any atom is -0.378 e. The molecule has 1 unspecified atom stereocenters. The van der Waals surface area contributed by atoms with Gasteiger partial charge in [0.15, 0.2) is 5.82 Å². The number of aromatic nitrogens is 2. The molecule has 4 aromatic rings. The van der Waals surface area contributed by atoms with Crippen molar-refractivity contribution < 1.29 is 8.78 Å². The van der Waals surface area contributed by atoms with Gasteiger partial charge >= 0.3 is 0 Å². The number of rotatable bonds is 6. The molecule has 5 N–H and O–H groups in total. The Morgan fingerprint density at radius 1 is 1.06 bits per heavy atom. The number of nitrogens with one attached hydrogen (secondary N) is 5. The third-order valence-electron chi connectivity index (χ3n) is 5.59. The quantitative estimate of drug-likeness (QED) is 0.199. The predicted octanol–water partition coefficient (Wildman–Crippen LogP) is 4.06. The molecule has 0 amide bonds. The molecule has 0 saturated heterocycles. The molecule has 2 radical (unpaired) electrons. The maximum atomic E-state index is 13.8. The number of halogens is 3. The van der Waals surface area contributed by atoms with Crippen LogP contribution in [0.1, 0.15) is 11.1 Å². The fourth-order valence-electron chi connectivity index (χ4n) is 3.87. The Morgan fingerprint density at radius 2 is 1.86 bits per heavy atom. The van der Waals surface area contributed by atoms with E-state index in [1.165, 1.54) is 6.20 Å². The maximum Gasteiger partial charge on any atom is 0.249 e. The van der Waals surface area contributed by atoms with Gasteiger partial charge in [-0.1, -0.05) is 41.9 Å². The first-order valence-corrected chi connectivity index (χ1v) is 11.0. The highest BCUT2D eigenvalue weighted by atomic mass is 35.5. The van der Waals surface area contributed by atoms with Crippen LogP contribution in [0.25, 0.3) is 10.9 Å². The fraction of sp³-hybridized carbons (Fsp3) is 0.0417. The van der Waals surface area contributed by atoms with Crippen LogP contribution in [-0.2, 0) is 5.44 Å². The van der Waals surface area contributed by atoms with Crippen LogP contribution in [0.4, 0.5) is 25.8 Å². The number of hydrazine groups is 2. The van der Waals surface area contributed by atoms with Crippen LogP contribution in [-0.4, -0.2) is 17.8 Å². The number of nitriles is 1. The molecule has 0 bridgehead atoms. The molecule has 12 heteroatoms. The summed E-state index contributed by atoms with van der Waals surface area (Å²) in [6.45, 7) is 0. The van der Waals surface area contributed by atoms with E-state index >= 15 is 0 Å². The topological polar surface area (TPSA) is 110 Å². The summed E-state index contributed by atoms with van der Waals surface area (Å²) in [5.74, 6) is -2.36. The van der Waals surface area contributed by atoms with Crippen molar-refractivity contribution in [3.63, 3.8) is 0 Å². The standard InChI is InChI=1S/C24H16BClF2N8/c25-24(20-12-32-36-35-20,14-4-2-1-3-5-14)34-15-6-17-21(33-16-8-19(27)23(28)31-11-16)13(9-29)10-30-22(17)18(26)7-15/h1-8,10-12,32,34-36H,(H,30,33). The molecule has 36 heavy (non-hydrogen) atoms. The molecule has 176 valence electrons. The van der Waals surface area contributed by atoms with Crippen molar-refractivity contribution in [3.8, 4) is 6.07 Å². The normalized spacial score (nSPS) is 14.2. The van der Waals surface area contributed by atoms with E-state index in [9.17, 15) is 14.0 Å². The van der Waals surface area contributed by atoms with E-state index in [0.717, 1.165) is 17.8 Å². The van der Waals surface area contributed by atoms with Gasteiger partial charge in [-0.3, -0.25) is 4.98 Å². The largest absolute Gasteiger partial charge is 0.378 e. The zero-order valence-electron chi connectivity index (χ0n) is 18.4. The lowest BCUT2D eigenvalue weighted by molar-refractivity contribution is 0.480. The molecular weight excluding hydrogens is 485 g/mol. The Kier molecular flexibility index (Phi) is 6.06. The fourth-order valence-corrected chi connectivity index (χ4v) is 4.14. The zero-order chi connectivity index (χ0) is 25.3. The van der Waals surface area contributed by atoms with Gasteiger partial charge in [0.25, 0.3) is 0 Å². The number of pyridine rings is 2. The summed E-state index contributed by atoms with van der Waals surface area (Å²) in [5.41, 5.74) is 10.2. The molecule has 1 atom stereocenters. The van der Waals surface area contributed by atoms with Gasteiger partial charge in [0.1, 0.15) is 13.9 Å². The number of nitrogens with zero attached hydrogens (tertiary/aromatic N) is 3. The lowest BCUT2D eigenvalue weighted by atomic mass is 9.69. The Bertz CT molecular complexity index is 1540. The van der Waals surface area contributed by atoms with E-state index in [1.54, 1.807) is 18.3 Å². The second kappa shape index (κ2) is 9.33. The average molecular weight is 501 g/mol. The second-order valence-corrected chi connectivity index (χ2v) is 8.29. The van der Waals surface area contributed by atoms with Gasteiger partial charge in [-0.05, 0) is 17.7 Å². The Labute approximate surface area is 210 Å². The van der Waals surface area contributed by atoms with Crippen LogP contribution in [0.15, 0.2) is 72.8 Å². The first kappa shape index (κ1) is 23.4. The Balaban J connectivity index is 1.63. The van der Waals surface area contributed by atoms with E-state index in [0.29, 0.717) is 28.0 Å². The van der Waals surface area contributed by atoms with E-state index in [-0.39, 0.29) is 16.3 Å². The molecule has 5 rings (SSSR count). The summed E-state index contributed by atoms with van der Waals surface area (Å²) in [6, 6.07) is 15.7. The number of fused-ring (bicyclic) bond motifs is 1. The number of hydrogen-bond donors (Lipinski definition) is 5. The highest BCUT2D eigenvalue weighted by molar-refractivity contribution is 6.36. The highest BCUT2D eigenvalue weighted by Gasteiger charge is 2.32. The predicted molar refractivity (Wildman–Crippen MR) is 134 cm³/mol. The van der Waals surface area contributed by atoms with E-state index in [4.69, 9.17) is 19.4 Å². The van der Waals surface area contributed by atoms with E-state index < -0.39 is 17.2 Å². The molecule has 0 aliphatic carbocycles. The lowest BCUT2D eigenvalue weighted by Crippen LogP contribution is -2.44. The number of hydrogen-bond acceptors (Lipinski definition) is 8. The van der Waals surface area contributed by atoms with Crippen molar-refractivity contribution in [2.24, 2.45) is 0 Å². The Morgan fingerprint density at radius 3 is 2.56 bits per heavy atom. The van der Waals surface area contributed by atoms with Crippen molar-refractivity contribution in [2.45, 2.75) is 5.44 Å². The molecule has 2 aromatic heterocycles. The minimum absolute atomic E-state index is 0.141. The van der Waals surface area contributed by atoms with Crippen molar-refractivity contribution >= 4 is 47.4 Å². The molecule has 3 heterocycles. The average Bonchev–Trinajstić information content (AvgIpc) is 3.43. The van der Waals surface area contributed by atoms with Gasteiger partial charge < -0.3 is 21.5 Å². The molecule has 1 aliphatic heterocycles. The van der Waals surface area contributed by atoms with Crippen LogP contribution >= 0.6 is 11.6 Å². The number of benzene rings is 2. The maximum absolute atomic E-state index is 13.8. The molecule has 0 spiro atoms. The first-order valence-electron chi connectivity index (χ1n) is 10.6. The van der Waals surface area contributed by atoms with Gasteiger partial charge in [0.2, 0.25) is 5.95 Å². The summed E-state index contributed by atoms with van der Waals surface area (Å²) in [6.07, 6.45) is 4.15. The minimum atomic E-state index is -1.23. The monoisotopic (exact) mass is 500 g/mol. The SMILES string of the molecule is [B]C(Nc1cc(Cl)c2ncc(C#N)c(Nc3cnc(F)c(F)c3)c2c1)(C1=CNNN1)c1ccccc1. The molecule has 0 fully saturated rings. The summed E-state index contributed by atoms with van der Waals surface area (Å²) in [4.78, 5) is 7.70. The summed E-state index contributed by atoms with van der Waals surface area (Å²) >= 11 is 6.58. The zero-order valence-corrected chi connectivity index (χ0v) is 19.2. The van der Waals surface area contributed by atoms with Crippen LogP contribution in [0.3, 0.4) is 0 Å². The van der Waals surface area contributed by atoms with Crippen molar-refractivity contribution in [1.29, 1.82) is 5.26 Å². The van der Waals surface area contributed by atoms with Crippen molar-refractivity contribution in [2.75, 3.05) is 10.6 Å². The third kappa shape index (κ3) is 4.24. The molecule has 0 saturated carbocycles. The van der Waals surface area contributed by atoms with Gasteiger partial charge in [0.05, 0.1) is 44.8 Å². The van der Waals surface area contributed by atoms with Crippen LogP contribution in [0, 0.1) is 23.1 Å². The van der Waals surface area contributed by atoms with Crippen molar-refractivity contribution in [3.05, 3.63) is 101 Å².